The number of hydrogen-bond acceptors (Lipinski definition) is 3. The number of rotatable bonds is 2. The van der Waals surface area contributed by atoms with Crippen LogP contribution in [-0.4, -0.2) is 33.4 Å². The fourth-order valence-corrected chi connectivity index (χ4v) is 0.106. The van der Waals surface area contributed by atoms with Crippen molar-refractivity contribution in [2.45, 2.75) is 6.10 Å². The summed E-state index contributed by atoms with van der Waals surface area (Å²) in [6, 6.07) is 0. The number of aliphatic hydroxyl groups is 1. The first-order chi connectivity index (χ1) is 3.55. The topological polar surface area (TPSA) is 94.8 Å². The Kier molecular flexibility index (Phi) is 15.2. The normalized spacial score (nSPS) is 7.40. The Balaban J connectivity index is -0.0000000408. The molecule has 0 amide bonds. The maximum Gasteiger partial charge on any atom is 1.00 e. The van der Waals surface area contributed by atoms with Crippen molar-refractivity contribution >= 4 is 11.9 Å². The van der Waals surface area contributed by atoms with Crippen LogP contribution in [-0.2, 0) is 9.59 Å². The molecule has 3 N–H and O–H groups in total. The van der Waals surface area contributed by atoms with Gasteiger partial charge in [-0.15, -0.1) is 0 Å². The molecule has 0 spiro atoms. The van der Waals surface area contributed by atoms with E-state index in [9.17, 15) is 9.59 Å². The van der Waals surface area contributed by atoms with Crippen LogP contribution in [0, 0.1) is 0 Å². The third kappa shape index (κ3) is 7.64. The summed E-state index contributed by atoms with van der Waals surface area (Å²) in [7, 11) is 0. The van der Waals surface area contributed by atoms with Crippen LogP contribution < -0.4 is 80.9 Å². The fourth-order valence-electron chi connectivity index (χ4n) is 0.106. The predicted octanol–water partition coefficient (Wildman–Crippen LogP) is -7.25. The van der Waals surface area contributed by atoms with Crippen LogP contribution in [0.25, 0.3) is 0 Å². The third-order valence-corrected chi connectivity index (χ3v) is 0.468. The molecule has 0 aromatic rings. The van der Waals surface area contributed by atoms with Crippen LogP contribution in [0.2, 0.25) is 0 Å². The van der Waals surface area contributed by atoms with Gasteiger partial charge in [-0.3, -0.25) is 0 Å². The van der Waals surface area contributed by atoms with Crippen molar-refractivity contribution < 1.29 is 109 Å². The minimum atomic E-state index is -2.30. The number of aliphatic carboxylic acids is 2. The van der Waals surface area contributed by atoms with Gasteiger partial charge in [0, 0.05) is 0 Å². The van der Waals surface area contributed by atoms with Crippen molar-refractivity contribution in [1.82, 2.24) is 0 Å². The summed E-state index contributed by atoms with van der Waals surface area (Å²) >= 11 is 0. The molecule has 0 atom stereocenters. The number of carboxylic acid groups (broad SMARTS) is 2. The molecular formula is C3H6KNaO5. The predicted molar refractivity (Wildman–Crippen MR) is 23.5 cm³/mol. The van der Waals surface area contributed by atoms with Gasteiger partial charge in [0.05, 0.1) is 0 Å². The van der Waals surface area contributed by atoms with E-state index in [2.05, 4.69) is 0 Å². The summed E-state index contributed by atoms with van der Waals surface area (Å²) in [5.74, 6) is -3.50. The van der Waals surface area contributed by atoms with Crippen LogP contribution in [0.3, 0.4) is 0 Å². The van der Waals surface area contributed by atoms with Gasteiger partial charge in [0.2, 0.25) is 6.10 Å². The smallest absolute Gasteiger partial charge is 1.00 e. The van der Waals surface area contributed by atoms with Crippen LogP contribution in [0.1, 0.15) is 2.85 Å². The molecule has 0 saturated heterocycles. The molecular weight excluding hydrogens is 178 g/mol. The van der Waals surface area contributed by atoms with E-state index in [1.807, 2.05) is 0 Å². The second-order valence-corrected chi connectivity index (χ2v) is 1.08. The second kappa shape index (κ2) is 8.63. The molecule has 0 aliphatic carbocycles. The fraction of sp³-hybridized carbons (Fsp3) is 0.333. The minimum absolute atomic E-state index is 0. The molecule has 0 bridgehead atoms. The third-order valence-electron chi connectivity index (χ3n) is 0.468. The van der Waals surface area contributed by atoms with Crippen LogP contribution >= 0.6 is 0 Å². The van der Waals surface area contributed by atoms with Crippen molar-refractivity contribution in [2.75, 3.05) is 0 Å². The summed E-state index contributed by atoms with van der Waals surface area (Å²) in [5, 5.41) is 23.4. The first-order valence-corrected chi connectivity index (χ1v) is 1.69. The van der Waals surface area contributed by atoms with E-state index in [0.29, 0.717) is 0 Å². The summed E-state index contributed by atoms with van der Waals surface area (Å²) in [4.78, 5) is 19.0. The molecule has 50 valence electrons. The summed E-state index contributed by atoms with van der Waals surface area (Å²) in [6.45, 7) is 0. The molecule has 0 aromatic heterocycles. The molecule has 0 radical (unpaired) electrons. The largest absolute Gasteiger partial charge is 1.00 e. The molecule has 0 fully saturated rings. The van der Waals surface area contributed by atoms with Crippen molar-refractivity contribution in [3.05, 3.63) is 0 Å². The molecule has 0 aliphatic rings. The monoisotopic (exact) mass is 184 g/mol. The van der Waals surface area contributed by atoms with Crippen LogP contribution in [0.5, 0.6) is 0 Å². The zero-order chi connectivity index (χ0) is 6.73. The Hall–Kier alpha value is 1.54. The summed E-state index contributed by atoms with van der Waals surface area (Å²) in [6.07, 6.45) is -2.30. The van der Waals surface area contributed by atoms with E-state index in [1.54, 1.807) is 0 Å². The van der Waals surface area contributed by atoms with Gasteiger partial charge in [-0.05, 0) is 0 Å². The molecule has 0 saturated carbocycles. The Morgan fingerprint density at radius 3 is 1.40 bits per heavy atom. The first kappa shape index (κ1) is 17.6. The summed E-state index contributed by atoms with van der Waals surface area (Å²) in [5.41, 5.74) is 0. The van der Waals surface area contributed by atoms with Crippen molar-refractivity contribution in [1.29, 1.82) is 0 Å². The van der Waals surface area contributed by atoms with E-state index in [0.717, 1.165) is 0 Å². The Morgan fingerprint density at radius 2 is 1.40 bits per heavy atom. The van der Waals surface area contributed by atoms with E-state index in [1.165, 1.54) is 0 Å². The van der Waals surface area contributed by atoms with E-state index < -0.39 is 18.0 Å². The molecule has 0 aromatic carbocycles. The number of carbonyl (C=O) groups is 2. The Bertz CT molecular complexity index is 120. The quantitative estimate of drug-likeness (QED) is 0.293. The second-order valence-electron chi connectivity index (χ2n) is 1.08. The maximum atomic E-state index is 9.51. The molecule has 7 heteroatoms. The van der Waals surface area contributed by atoms with E-state index in [4.69, 9.17) is 15.3 Å². The average Bonchev–Trinajstić information content (AvgIpc) is 1.64. The standard InChI is InChI=1S/C3H4O5.K.Na.2H/c4-1(2(5)6)3(7)8;;;;/h1,4H,(H,5,6)(H,7,8);;;;/q;2*+1;2*-1. The van der Waals surface area contributed by atoms with E-state index >= 15 is 0 Å². The van der Waals surface area contributed by atoms with Gasteiger partial charge in [0.1, 0.15) is 0 Å². The maximum absolute atomic E-state index is 9.51. The van der Waals surface area contributed by atoms with Gasteiger partial charge in [-0.2, -0.15) is 0 Å². The average molecular weight is 184 g/mol. The molecule has 0 rings (SSSR count). The van der Waals surface area contributed by atoms with Crippen LogP contribution in [0.4, 0.5) is 0 Å². The Morgan fingerprint density at radius 1 is 1.20 bits per heavy atom. The number of aliphatic hydroxyl groups excluding tert-OH is 1. The molecule has 0 aliphatic heterocycles. The van der Waals surface area contributed by atoms with E-state index in [-0.39, 0.29) is 83.8 Å². The molecule has 0 unspecified atom stereocenters. The Labute approximate surface area is 124 Å². The number of carboxylic acids is 2. The summed E-state index contributed by atoms with van der Waals surface area (Å²) < 4.78 is 0. The van der Waals surface area contributed by atoms with Crippen molar-refractivity contribution in [2.24, 2.45) is 0 Å². The van der Waals surface area contributed by atoms with Gasteiger partial charge < -0.3 is 18.2 Å². The van der Waals surface area contributed by atoms with Crippen molar-refractivity contribution in [3.63, 3.8) is 0 Å². The zero-order valence-corrected chi connectivity index (χ0v) is 10.9. The van der Waals surface area contributed by atoms with Crippen molar-refractivity contribution in [3.8, 4) is 0 Å². The molecule has 0 heterocycles. The van der Waals surface area contributed by atoms with Gasteiger partial charge >= 0.3 is 92.9 Å². The van der Waals surface area contributed by atoms with Gasteiger partial charge in [-0.25, -0.2) is 9.59 Å². The van der Waals surface area contributed by atoms with Crippen LogP contribution in [0.15, 0.2) is 0 Å². The number of hydrogen-bond donors (Lipinski definition) is 3. The first-order valence-electron chi connectivity index (χ1n) is 1.69. The van der Waals surface area contributed by atoms with Gasteiger partial charge in [0.25, 0.3) is 0 Å². The molecule has 10 heavy (non-hydrogen) atoms. The van der Waals surface area contributed by atoms with Gasteiger partial charge in [-0.1, -0.05) is 0 Å². The zero-order valence-electron chi connectivity index (χ0n) is 7.74. The molecule has 5 nitrogen and oxygen atoms in total. The minimum Gasteiger partial charge on any atom is -1.00 e. The van der Waals surface area contributed by atoms with Gasteiger partial charge in [0.15, 0.2) is 0 Å². The SMILES string of the molecule is O=C(O)C(O)C(=O)O.[H-].[H-].[K+].[Na+].